The molecule has 4 heteroatoms. The first-order valence-corrected chi connectivity index (χ1v) is 7.36. The van der Waals surface area contributed by atoms with Crippen molar-refractivity contribution < 1.29 is 9.53 Å². The minimum Gasteiger partial charge on any atom is -0.377 e. The van der Waals surface area contributed by atoms with Crippen molar-refractivity contribution in [3.05, 3.63) is 0 Å². The van der Waals surface area contributed by atoms with E-state index in [1.54, 1.807) is 0 Å². The van der Waals surface area contributed by atoms with E-state index in [1.807, 2.05) is 11.8 Å². The number of ether oxygens (including phenoxy) is 1. The van der Waals surface area contributed by atoms with Crippen LogP contribution < -0.4 is 5.73 Å². The summed E-state index contributed by atoms with van der Waals surface area (Å²) in [5.41, 5.74) is 5.89. The average Bonchev–Trinajstić information content (AvgIpc) is 2.39. The Balaban J connectivity index is 1.84. The second-order valence-electron chi connectivity index (χ2n) is 5.62. The molecule has 0 spiro atoms. The van der Waals surface area contributed by atoms with E-state index in [0.717, 1.165) is 58.2 Å². The SMILES string of the molecule is CCOC1CCCN(C(=O)C2CCC(N)CC2)C1. The van der Waals surface area contributed by atoms with Crippen molar-refractivity contribution in [1.29, 1.82) is 0 Å². The number of carbonyl (C=O) groups is 1. The van der Waals surface area contributed by atoms with Crippen LogP contribution >= 0.6 is 0 Å². The predicted molar refractivity (Wildman–Crippen MR) is 71.2 cm³/mol. The van der Waals surface area contributed by atoms with Crippen LogP contribution in [-0.2, 0) is 9.53 Å². The highest BCUT2D eigenvalue weighted by Crippen LogP contribution is 2.26. The third-order valence-corrected chi connectivity index (χ3v) is 4.21. The summed E-state index contributed by atoms with van der Waals surface area (Å²) in [6.07, 6.45) is 6.35. The Bertz CT molecular complexity index is 273. The molecular formula is C14H26N2O2. The lowest BCUT2D eigenvalue weighted by atomic mass is 9.85. The highest BCUT2D eigenvalue weighted by atomic mass is 16.5. The number of nitrogens with two attached hydrogens (primary N) is 1. The molecule has 18 heavy (non-hydrogen) atoms. The predicted octanol–water partition coefficient (Wildman–Crippen LogP) is 1.53. The highest BCUT2D eigenvalue weighted by Gasteiger charge is 2.31. The Labute approximate surface area is 110 Å². The molecule has 1 saturated heterocycles. The van der Waals surface area contributed by atoms with Gasteiger partial charge in [-0.1, -0.05) is 0 Å². The van der Waals surface area contributed by atoms with Gasteiger partial charge in [0.25, 0.3) is 0 Å². The van der Waals surface area contributed by atoms with Crippen LogP contribution in [0.1, 0.15) is 45.4 Å². The quantitative estimate of drug-likeness (QED) is 0.831. The fourth-order valence-corrected chi connectivity index (χ4v) is 3.13. The van der Waals surface area contributed by atoms with Crippen molar-refractivity contribution in [2.24, 2.45) is 11.7 Å². The van der Waals surface area contributed by atoms with Gasteiger partial charge in [0.15, 0.2) is 0 Å². The van der Waals surface area contributed by atoms with Crippen LogP contribution in [0.2, 0.25) is 0 Å². The zero-order valence-electron chi connectivity index (χ0n) is 11.4. The zero-order valence-corrected chi connectivity index (χ0v) is 11.4. The van der Waals surface area contributed by atoms with Crippen molar-refractivity contribution in [2.45, 2.75) is 57.6 Å². The van der Waals surface area contributed by atoms with E-state index >= 15 is 0 Å². The van der Waals surface area contributed by atoms with Gasteiger partial charge < -0.3 is 15.4 Å². The molecule has 2 rings (SSSR count). The van der Waals surface area contributed by atoms with E-state index in [2.05, 4.69) is 0 Å². The third kappa shape index (κ3) is 3.45. The first-order valence-electron chi connectivity index (χ1n) is 7.36. The van der Waals surface area contributed by atoms with Crippen LogP contribution in [0.15, 0.2) is 0 Å². The lowest BCUT2D eigenvalue weighted by Gasteiger charge is -2.36. The second-order valence-corrected chi connectivity index (χ2v) is 5.62. The molecule has 0 aromatic carbocycles. The summed E-state index contributed by atoms with van der Waals surface area (Å²) in [6, 6.07) is 0.312. The fraction of sp³-hybridized carbons (Fsp3) is 0.929. The monoisotopic (exact) mass is 254 g/mol. The Morgan fingerprint density at radius 3 is 2.67 bits per heavy atom. The molecule has 1 aliphatic heterocycles. The molecule has 2 aliphatic rings. The van der Waals surface area contributed by atoms with Gasteiger partial charge in [-0.15, -0.1) is 0 Å². The van der Waals surface area contributed by atoms with Gasteiger partial charge in [0.1, 0.15) is 0 Å². The summed E-state index contributed by atoms with van der Waals surface area (Å²) < 4.78 is 5.65. The highest BCUT2D eigenvalue weighted by molar-refractivity contribution is 5.79. The molecule has 1 amide bonds. The maximum atomic E-state index is 12.4. The van der Waals surface area contributed by atoms with Gasteiger partial charge in [-0.25, -0.2) is 0 Å². The van der Waals surface area contributed by atoms with Gasteiger partial charge in [-0.2, -0.15) is 0 Å². The van der Waals surface area contributed by atoms with Crippen LogP contribution in [0.3, 0.4) is 0 Å². The Hall–Kier alpha value is -0.610. The molecular weight excluding hydrogens is 228 g/mol. The molecule has 1 aliphatic carbocycles. The Morgan fingerprint density at radius 1 is 1.28 bits per heavy atom. The molecule has 1 saturated carbocycles. The molecule has 104 valence electrons. The van der Waals surface area contributed by atoms with Crippen LogP contribution in [0.5, 0.6) is 0 Å². The summed E-state index contributed by atoms with van der Waals surface area (Å²) in [6.45, 7) is 4.45. The van der Waals surface area contributed by atoms with Crippen LogP contribution in [0.25, 0.3) is 0 Å². The minimum atomic E-state index is 0.213. The van der Waals surface area contributed by atoms with Gasteiger partial charge in [0.2, 0.25) is 5.91 Å². The van der Waals surface area contributed by atoms with Crippen molar-refractivity contribution in [2.75, 3.05) is 19.7 Å². The van der Waals surface area contributed by atoms with Gasteiger partial charge in [-0.3, -0.25) is 4.79 Å². The second kappa shape index (κ2) is 6.53. The molecule has 0 radical (unpaired) electrons. The number of nitrogens with zero attached hydrogens (tertiary/aromatic N) is 1. The maximum absolute atomic E-state index is 12.4. The Kier molecular flexibility index (Phi) is 5.01. The molecule has 1 unspecified atom stereocenters. The largest absolute Gasteiger partial charge is 0.377 e. The standard InChI is InChI=1S/C14H26N2O2/c1-2-18-13-4-3-9-16(10-13)14(17)11-5-7-12(15)8-6-11/h11-13H,2-10,15H2,1H3. The summed E-state index contributed by atoms with van der Waals surface area (Å²) in [5, 5.41) is 0. The molecule has 0 aromatic rings. The number of hydrogen-bond acceptors (Lipinski definition) is 3. The van der Waals surface area contributed by atoms with Crippen molar-refractivity contribution >= 4 is 5.91 Å². The van der Waals surface area contributed by atoms with E-state index in [0.29, 0.717) is 11.9 Å². The fourth-order valence-electron chi connectivity index (χ4n) is 3.13. The number of likely N-dealkylation sites (tertiary alicyclic amines) is 1. The number of hydrogen-bond donors (Lipinski definition) is 1. The molecule has 1 heterocycles. The van der Waals surface area contributed by atoms with Crippen LogP contribution in [-0.4, -0.2) is 42.6 Å². The normalized spacial score (nSPS) is 33.4. The van der Waals surface area contributed by atoms with E-state index in [-0.39, 0.29) is 12.0 Å². The number of piperidine rings is 1. The van der Waals surface area contributed by atoms with Crippen molar-refractivity contribution in [3.63, 3.8) is 0 Å². The van der Waals surface area contributed by atoms with Gasteiger partial charge in [0, 0.05) is 31.7 Å². The summed E-state index contributed by atoms with van der Waals surface area (Å²) in [7, 11) is 0. The average molecular weight is 254 g/mol. The summed E-state index contributed by atoms with van der Waals surface area (Å²) in [4.78, 5) is 14.5. The molecule has 0 aromatic heterocycles. The van der Waals surface area contributed by atoms with Crippen LogP contribution in [0, 0.1) is 5.92 Å². The Morgan fingerprint density at radius 2 is 2.00 bits per heavy atom. The molecule has 1 atom stereocenters. The van der Waals surface area contributed by atoms with Gasteiger partial charge in [0.05, 0.1) is 6.10 Å². The first kappa shape index (κ1) is 13.8. The molecule has 4 nitrogen and oxygen atoms in total. The number of carbonyl (C=O) groups excluding carboxylic acids is 1. The summed E-state index contributed by atoms with van der Waals surface area (Å²) >= 11 is 0. The van der Waals surface area contributed by atoms with Gasteiger partial charge in [-0.05, 0) is 45.4 Å². The van der Waals surface area contributed by atoms with Crippen molar-refractivity contribution in [3.8, 4) is 0 Å². The first-order chi connectivity index (χ1) is 8.70. The summed E-state index contributed by atoms with van der Waals surface area (Å²) in [5.74, 6) is 0.552. The lowest BCUT2D eigenvalue weighted by molar-refractivity contribution is -0.140. The molecule has 2 fully saturated rings. The zero-order chi connectivity index (χ0) is 13.0. The topological polar surface area (TPSA) is 55.6 Å². The molecule has 0 bridgehead atoms. The molecule has 2 N–H and O–H groups in total. The van der Waals surface area contributed by atoms with Crippen LogP contribution in [0.4, 0.5) is 0 Å². The van der Waals surface area contributed by atoms with Gasteiger partial charge >= 0.3 is 0 Å². The third-order valence-electron chi connectivity index (χ3n) is 4.21. The maximum Gasteiger partial charge on any atom is 0.225 e. The number of rotatable bonds is 3. The van der Waals surface area contributed by atoms with E-state index in [1.165, 1.54) is 0 Å². The minimum absolute atomic E-state index is 0.213. The van der Waals surface area contributed by atoms with E-state index < -0.39 is 0 Å². The lowest BCUT2D eigenvalue weighted by Crippen LogP contribution is -2.46. The van der Waals surface area contributed by atoms with Crippen molar-refractivity contribution in [1.82, 2.24) is 4.90 Å². The number of amides is 1. The van der Waals surface area contributed by atoms with E-state index in [4.69, 9.17) is 10.5 Å². The van der Waals surface area contributed by atoms with E-state index in [9.17, 15) is 4.79 Å². The smallest absolute Gasteiger partial charge is 0.225 e.